The van der Waals surface area contributed by atoms with Crippen LogP contribution in [0, 0.1) is 0 Å². The first kappa shape index (κ1) is 12.7. The van der Waals surface area contributed by atoms with Crippen molar-refractivity contribution in [3.8, 4) is 0 Å². The molecule has 98 valence electrons. The van der Waals surface area contributed by atoms with Crippen molar-refractivity contribution in [2.75, 3.05) is 5.32 Å². The van der Waals surface area contributed by atoms with Gasteiger partial charge < -0.3 is 5.32 Å². The zero-order valence-electron chi connectivity index (χ0n) is 11.1. The van der Waals surface area contributed by atoms with Crippen molar-refractivity contribution < 1.29 is 0 Å². The average molecular weight is 316 g/mol. The molecule has 0 amide bonds. The Balaban J connectivity index is 1.89. The summed E-state index contributed by atoms with van der Waals surface area (Å²) < 4.78 is 1.25. The number of fused-ring (bicyclic) bond motifs is 1. The molecule has 0 spiro atoms. The SMILES string of the molecule is CCc1ccccc1NC1CCc2c(Br)cccc21. The molecule has 0 bridgehead atoms. The summed E-state index contributed by atoms with van der Waals surface area (Å²) >= 11 is 3.66. The van der Waals surface area contributed by atoms with Gasteiger partial charge in [0.25, 0.3) is 0 Å². The standard InChI is InChI=1S/C17H18BrN/c1-2-12-6-3-4-9-16(12)19-17-11-10-13-14(17)7-5-8-15(13)18/h3-9,17,19H,2,10-11H2,1H3. The van der Waals surface area contributed by atoms with E-state index in [1.807, 2.05) is 0 Å². The van der Waals surface area contributed by atoms with Crippen molar-refractivity contribution in [3.63, 3.8) is 0 Å². The Kier molecular flexibility index (Phi) is 3.61. The molecule has 1 atom stereocenters. The number of halogens is 1. The number of benzene rings is 2. The molecule has 1 nitrogen and oxygen atoms in total. The van der Waals surface area contributed by atoms with Crippen LogP contribution in [0.2, 0.25) is 0 Å². The summed E-state index contributed by atoms with van der Waals surface area (Å²) in [6.45, 7) is 2.21. The summed E-state index contributed by atoms with van der Waals surface area (Å²) in [6.07, 6.45) is 3.40. The molecule has 0 radical (unpaired) electrons. The molecule has 0 saturated carbocycles. The quantitative estimate of drug-likeness (QED) is 0.829. The lowest BCUT2D eigenvalue weighted by Gasteiger charge is -2.18. The van der Waals surface area contributed by atoms with Crippen LogP contribution in [0.1, 0.15) is 36.1 Å². The monoisotopic (exact) mass is 315 g/mol. The molecule has 1 aliphatic carbocycles. The van der Waals surface area contributed by atoms with E-state index in [0.29, 0.717) is 6.04 Å². The van der Waals surface area contributed by atoms with E-state index in [-0.39, 0.29) is 0 Å². The van der Waals surface area contributed by atoms with Crippen LogP contribution in [0.4, 0.5) is 5.69 Å². The van der Waals surface area contributed by atoms with Gasteiger partial charge in [-0.25, -0.2) is 0 Å². The highest BCUT2D eigenvalue weighted by atomic mass is 79.9. The fourth-order valence-electron chi connectivity index (χ4n) is 2.92. The van der Waals surface area contributed by atoms with E-state index in [1.54, 1.807) is 0 Å². The van der Waals surface area contributed by atoms with Crippen LogP contribution < -0.4 is 5.32 Å². The van der Waals surface area contributed by atoms with E-state index in [4.69, 9.17) is 0 Å². The number of para-hydroxylation sites is 1. The lowest BCUT2D eigenvalue weighted by molar-refractivity contribution is 0.760. The van der Waals surface area contributed by atoms with E-state index >= 15 is 0 Å². The van der Waals surface area contributed by atoms with E-state index in [9.17, 15) is 0 Å². The highest BCUT2D eigenvalue weighted by Gasteiger charge is 2.24. The van der Waals surface area contributed by atoms with Crippen molar-refractivity contribution in [2.24, 2.45) is 0 Å². The van der Waals surface area contributed by atoms with Crippen LogP contribution in [0.25, 0.3) is 0 Å². The molecule has 2 aromatic rings. The van der Waals surface area contributed by atoms with Gasteiger partial charge in [0.2, 0.25) is 0 Å². The summed E-state index contributed by atoms with van der Waals surface area (Å²) in [7, 11) is 0. The summed E-state index contributed by atoms with van der Waals surface area (Å²) in [6, 6.07) is 15.6. The molecule has 2 heteroatoms. The van der Waals surface area contributed by atoms with Gasteiger partial charge in [-0.1, -0.05) is 53.2 Å². The van der Waals surface area contributed by atoms with Crippen molar-refractivity contribution >= 4 is 21.6 Å². The number of nitrogens with one attached hydrogen (secondary N) is 1. The fraction of sp³-hybridized carbons (Fsp3) is 0.294. The van der Waals surface area contributed by atoms with Gasteiger partial charge >= 0.3 is 0 Å². The van der Waals surface area contributed by atoms with E-state index < -0.39 is 0 Å². The van der Waals surface area contributed by atoms with Crippen molar-refractivity contribution in [2.45, 2.75) is 32.2 Å². The molecular weight excluding hydrogens is 298 g/mol. The van der Waals surface area contributed by atoms with E-state index in [0.717, 1.165) is 12.8 Å². The zero-order valence-corrected chi connectivity index (χ0v) is 12.7. The maximum Gasteiger partial charge on any atom is 0.0520 e. The molecule has 19 heavy (non-hydrogen) atoms. The maximum atomic E-state index is 3.72. The van der Waals surface area contributed by atoms with Gasteiger partial charge in [0.15, 0.2) is 0 Å². The van der Waals surface area contributed by atoms with Crippen LogP contribution in [0.15, 0.2) is 46.9 Å². The van der Waals surface area contributed by atoms with Crippen LogP contribution in [-0.4, -0.2) is 0 Å². The minimum Gasteiger partial charge on any atom is -0.378 e. The highest BCUT2D eigenvalue weighted by Crippen LogP contribution is 2.38. The third-order valence-corrected chi connectivity index (χ3v) is 4.68. The van der Waals surface area contributed by atoms with Gasteiger partial charge in [0.05, 0.1) is 6.04 Å². The van der Waals surface area contributed by atoms with E-state index in [2.05, 4.69) is 70.6 Å². The number of hydrogen-bond donors (Lipinski definition) is 1. The molecule has 3 rings (SSSR count). The molecule has 0 saturated heterocycles. The Morgan fingerprint density at radius 1 is 1.16 bits per heavy atom. The minimum atomic E-state index is 0.445. The number of rotatable bonds is 3. The van der Waals surface area contributed by atoms with Gasteiger partial charge in [-0.15, -0.1) is 0 Å². The summed E-state index contributed by atoms with van der Waals surface area (Å²) in [5, 5.41) is 3.72. The third kappa shape index (κ3) is 2.42. The van der Waals surface area contributed by atoms with Crippen LogP contribution in [0.5, 0.6) is 0 Å². The van der Waals surface area contributed by atoms with Crippen molar-refractivity contribution in [1.29, 1.82) is 0 Å². The Labute approximate surface area is 123 Å². The average Bonchev–Trinajstić information content (AvgIpc) is 2.84. The summed E-state index contributed by atoms with van der Waals surface area (Å²) in [4.78, 5) is 0. The first-order valence-corrected chi connectivity index (χ1v) is 7.70. The molecule has 0 aromatic heterocycles. The van der Waals surface area contributed by atoms with Gasteiger partial charge in [0.1, 0.15) is 0 Å². The van der Waals surface area contributed by atoms with Gasteiger partial charge in [0, 0.05) is 10.2 Å². The Bertz CT molecular complexity index is 592. The number of hydrogen-bond acceptors (Lipinski definition) is 1. The smallest absolute Gasteiger partial charge is 0.0520 e. The third-order valence-electron chi connectivity index (χ3n) is 3.94. The van der Waals surface area contributed by atoms with Crippen molar-refractivity contribution in [1.82, 2.24) is 0 Å². The summed E-state index contributed by atoms with van der Waals surface area (Å²) in [5.41, 5.74) is 5.59. The molecule has 1 aliphatic rings. The van der Waals surface area contributed by atoms with Gasteiger partial charge in [-0.2, -0.15) is 0 Å². The zero-order chi connectivity index (χ0) is 13.2. The lowest BCUT2D eigenvalue weighted by Crippen LogP contribution is -2.08. The fourth-order valence-corrected chi connectivity index (χ4v) is 3.50. The molecule has 0 aliphatic heterocycles. The minimum absolute atomic E-state index is 0.445. The highest BCUT2D eigenvalue weighted by molar-refractivity contribution is 9.10. The van der Waals surface area contributed by atoms with Crippen molar-refractivity contribution in [3.05, 3.63) is 63.6 Å². The Hall–Kier alpha value is -1.28. The molecule has 1 unspecified atom stereocenters. The van der Waals surface area contributed by atoms with Gasteiger partial charge in [-0.05, 0) is 48.1 Å². The molecular formula is C17H18BrN. The molecule has 0 heterocycles. The van der Waals surface area contributed by atoms with Gasteiger partial charge in [-0.3, -0.25) is 0 Å². The predicted octanol–water partition coefficient (Wildman–Crippen LogP) is 5.11. The second-order valence-corrected chi connectivity index (χ2v) is 5.91. The maximum absolute atomic E-state index is 3.72. The second kappa shape index (κ2) is 5.38. The largest absolute Gasteiger partial charge is 0.378 e. The predicted molar refractivity (Wildman–Crippen MR) is 84.6 cm³/mol. The Morgan fingerprint density at radius 2 is 2.00 bits per heavy atom. The second-order valence-electron chi connectivity index (χ2n) is 5.05. The molecule has 2 aromatic carbocycles. The van der Waals surface area contributed by atoms with Crippen LogP contribution in [0.3, 0.4) is 0 Å². The lowest BCUT2D eigenvalue weighted by atomic mass is 10.1. The van der Waals surface area contributed by atoms with E-state index in [1.165, 1.54) is 33.3 Å². The Morgan fingerprint density at radius 3 is 2.84 bits per heavy atom. The topological polar surface area (TPSA) is 12.0 Å². The van der Waals surface area contributed by atoms with Crippen LogP contribution >= 0.6 is 15.9 Å². The summed E-state index contributed by atoms with van der Waals surface area (Å²) in [5.74, 6) is 0. The first-order valence-electron chi connectivity index (χ1n) is 6.91. The molecule has 1 N–H and O–H groups in total. The number of aryl methyl sites for hydroxylation is 1. The van der Waals surface area contributed by atoms with Crippen LogP contribution in [-0.2, 0) is 12.8 Å². The number of anilines is 1. The normalized spacial score (nSPS) is 17.3. The first-order chi connectivity index (χ1) is 9.29. The molecule has 0 fully saturated rings.